The number of rotatable bonds is 0. The highest BCUT2D eigenvalue weighted by Crippen LogP contribution is 2.51. The fourth-order valence-corrected chi connectivity index (χ4v) is 3.36. The van der Waals surface area contributed by atoms with E-state index in [9.17, 15) is 0 Å². The Hall–Kier alpha value is -0.0800. The molecule has 4 fully saturated rings. The maximum absolute atomic E-state index is 6.26. The van der Waals surface area contributed by atoms with Gasteiger partial charge < -0.3 is 10.5 Å². The Morgan fingerprint density at radius 2 is 2.27 bits per heavy atom. The molecule has 1 heterocycles. The van der Waals surface area contributed by atoms with Crippen LogP contribution in [0, 0.1) is 11.8 Å². The number of ether oxygens (including phenoxy) is 1. The van der Waals surface area contributed by atoms with Gasteiger partial charge in [-0.2, -0.15) is 0 Å². The molecule has 0 aromatic rings. The van der Waals surface area contributed by atoms with Crippen LogP contribution < -0.4 is 5.73 Å². The average molecular weight is 153 g/mol. The van der Waals surface area contributed by atoms with Crippen LogP contribution >= 0.6 is 0 Å². The van der Waals surface area contributed by atoms with E-state index in [0.717, 1.165) is 12.5 Å². The topological polar surface area (TPSA) is 35.2 Å². The van der Waals surface area contributed by atoms with Gasteiger partial charge in [-0.25, -0.2) is 0 Å². The number of nitrogens with two attached hydrogens (primary N) is 1. The summed E-state index contributed by atoms with van der Waals surface area (Å²) in [5.74, 6) is 1.59. The Bertz CT molecular complexity index is 194. The van der Waals surface area contributed by atoms with E-state index in [-0.39, 0.29) is 5.54 Å². The lowest BCUT2D eigenvalue weighted by molar-refractivity contribution is 0.0300. The van der Waals surface area contributed by atoms with Crippen LogP contribution in [0.2, 0.25) is 0 Å². The molecule has 0 aromatic carbocycles. The monoisotopic (exact) mass is 153 g/mol. The molecule has 11 heavy (non-hydrogen) atoms. The summed E-state index contributed by atoms with van der Waals surface area (Å²) in [5, 5.41) is 0. The van der Waals surface area contributed by atoms with Gasteiger partial charge in [0.05, 0.1) is 12.7 Å². The Kier molecular flexibility index (Phi) is 1.06. The third-order valence-electron chi connectivity index (χ3n) is 3.87. The molecule has 0 aromatic heterocycles. The van der Waals surface area contributed by atoms with Gasteiger partial charge in [-0.1, -0.05) is 0 Å². The van der Waals surface area contributed by atoms with Crippen molar-refractivity contribution in [1.29, 1.82) is 0 Å². The first-order chi connectivity index (χ1) is 5.28. The van der Waals surface area contributed by atoms with Crippen LogP contribution in [0.5, 0.6) is 0 Å². The van der Waals surface area contributed by atoms with Crippen molar-refractivity contribution in [3.63, 3.8) is 0 Å². The third kappa shape index (κ3) is 0.695. The van der Waals surface area contributed by atoms with Gasteiger partial charge in [0.25, 0.3) is 0 Å². The molecular weight excluding hydrogens is 138 g/mol. The molecule has 2 heteroatoms. The molecule has 3 aliphatic carbocycles. The summed E-state index contributed by atoms with van der Waals surface area (Å²) in [7, 11) is 0. The Balaban J connectivity index is 2.00. The molecule has 62 valence electrons. The minimum absolute atomic E-state index is 0.0891. The minimum Gasteiger partial charge on any atom is -0.376 e. The molecule has 1 saturated heterocycles. The first-order valence-electron chi connectivity index (χ1n) is 4.68. The normalized spacial score (nSPS) is 60.3. The van der Waals surface area contributed by atoms with Crippen molar-refractivity contribution in [3.05, 3.63) is 0 Å². The van der Waals surface area contributed by atoms with Crippen molar-refractivity contribution >= 4 is 0 Å². The van der Waals surface area contributed by atoms with Gasteiger partial charge in [-0.05, 0) is 31.6 Å². The van der Waals surface area contributed by atoms with Gasteiger partial charge in [0.2, 0.25) is 0 Å². The van der Waals surface area contributed by atoms with E-state index in [0.29, 0.717) is 12.0 Å². The maximum atomic E-state index is 6.26. The first kappa shape index (κ1) is 6.44. The summed E-state index contributed by atoms with van der Waals surface area (Å²) >= 11 is 0. The molecule has 0 amide bonds. The fourth-order valence-electron chi connectivity index (χ4n) is 3.36. The zero-order valence-electron chi connectivity index (χ0n) is 6.75. The number of hydrogen-bond donors (Lipinski definition) is 1. The largest absolute Gasteiger partial charge is 0.376 e. The second-order valence-corrected chi connectivity index (χ2v) is 4.57. The van der Waals surface area contributed by atoms with Crippen LogP contribution in [0.4, 0.5) is 0 Å². The van der Waals surface area contributed by atoms with E-state index in [2.05, 4.69) is 0 Å². The fraction of sp³-hybridized carbons (Fsp3) is 1.00. The Morgan fingerprint density at radius 1 is 1.36 bits per heavy atom. The zero-order chi connectivity index (χ0) is 7.47. The number of fused-ring (bicyclic) bond motifs is 1. The third-order valence-corrected chi connectivity index (χ3v) is 3.87. The lowest BCUT2D eigenvalue weighted by Gasteiger charge is -2.45. The second-order valence-electron chi connectivity index (χ2n) is 4.57. The summed E-state index contributed by atoms with van der Waals surface area (Å²) in [5.41, 5.74) is 6.35. The van der Waals surface area contributed by atoms with E-state index in [4.69, 9.17) is 10.5 Å². The number of hydrogen-bond acceptors (Lipinski definition) is 2. The summed E-state index contributed by atoms with van der Waals surface area (Å²) in [6.07, 6.45) is 5.79. The van der Waals surface area contributed by atoms with Crippen molar-refractivity contribution < 1.29 is 4.74 Å². The highest BCUT2D eigenvalue weighted by molar-refractivity contribution is 5.08. The molecule has 4 aliphatic rings. The average Bonchev–Trinajstić information content (AvgIpc) is 2.23. The highest BCUT2D eigenvalue weighted by atomic mass is 16.5. The summed E-state index contributed by atoms with van der Waals surface area (Å²) in [6.45, 7) is 0.832. The van der Waals surface area contributed by atoms with Gasteiger partial charge in [0, 0.05) is 11.5 Å². The smallest absolute Gasteiger partial charge is 0.0653 e. The van der Waals surface area contributed by atoms with Gasteiger partial charge in [-0.15, -0.1) is 0 Å². The van der Waals surface area contributed by atoms with Gasteiger partial charge in [-0.3, -0.25) is 0 Å². The summed E-state index contributed by atoms with van der Waals surface area (Å²) in [4.78, 5) is 0. The van der Waals surface area contributed by atoms with E-state index >= 15 is 0 Å². The van der Waals surface area contributed by atoms with E-state index < -0.39 is 0 Å². The van der Waals surface area contributed by atoms with Crippen LogP contribution in [0.1, 0.15) is 25.7 Å². The van der Waals surface area contributed by atoms with Gasteiger partial charge >= 0.3 is 0 Å². The zero-order valence-corrected chi connectivity index (χ0v) is 6.75. The molecule has 4 atom stereocenters. The van der Waals surface area contributed by atoms with Crippen molar-refractivity contribution in [2.75, 3.05) is 6.61 Å². The Morgan fingerprint density at radius 3 is 2.91 bits per heavy atom. The lowest BCUT2D eigenvalue weighted by Crippen LogP contribution is -2.55. The van der Waals surface area contributed by atoms with Crippen LogP contribution in [0.25, 0.3) is 0 Å². The molecule has 0 radical (unpaired) electrons. The molecule has 0 spiro atoms. The van der Waals surface area contributed by atoms with Crippen LogP contribution in [0.3, 0.4) is 0 Å². The molecule has 2 nitrogen and oxygen atoms in total. The summed E-state index contributed by atoms with van der Waals surface area (Å²) < 4.78 is 5.69. The lowest BCUT2D eigenvalue weighted by atomic mass is 9.61. The van der Waals surface area contributed by atoms with Crippen molar-refractivity contribution in [1.82, 2.24) is 0 Å². The van der Waals surface area contributed by atoms with E-state index in [1.807, 2.05) is 0 Å². The van der Waals surface area contributed by atoms with E-state index in [1.54, 1.807) is 0 Å². The standard InChI is InChI=1S/C9H15NO/c10-9-4-6-1-2-7(9)8(3-6)11-5-9/h6-8H,1-5,10H2. The van der Waals surface area contributed by atoms with Crippen molar-refractivity contribution in [2.45, 2.75) is 37.3 Å². The van der Waals surface area contributed by atoms with Gasteiger partial charge in [0.15, 0.2) is 0 Å². The molecule has 4 bridgehead atoms. The second kappa shape index (κ2) is 1.80. The molecule has 2 N–H and O–H groups in total. The van der Waals surface area contributed by atoms with E-state index in [1.165, 1.54) is 25.7 Å². The quantitative estimate of drug-likeness (QED) is 0.561. The molecule has 4 rings (SSSR count). The predicted molar refractivity (Wildman–Crippen MR) is 42.1 cm³/mol. The first-order valence-corrected chi connectivity index (χ1v) is 4.68. The summed E-state index contributed by atoms with van der Waals surface area (Å²) in [6, 6.07) is 0. The molecule has 1 aliphatic heterocycles. The van der Waals surface area contributed by atoms with Crippen molar-refractivity contribution in [3.8, 4) is 0 Å². The van der Waals surface area contributed by atoms with Crippen molar-refractivity contribution in [2.24, 2.45) is 17.6 Å². The van der Waals surface area contributed by atoms with Gasteiger partial charge in [0.1, 0.15) is 0 Å². The minimum atomic E-state index is 0.0891. The molecular formula is C9H15NO. The molecule has 3 saturated carbocycles. The Labute approximate surface area is 67.1 Å². The highest BCUT2D eigenvalue weighted by Gasteiger charge is 2.55. The van der Waals surface area contributed by atoms with Crippen LogP contribution in [-0.2, 0) is 4.74 Å². The molecule has 4 unspecified atom stereocenters. The van der Waals surface area contributed by atoms with Crippen LogP contribution in [0.15, 0.2) is 0 Å². The predicted octanol–water partition coefficient (Wildman–Crippen LogP) is 0.903. The SMILES string of the molecule is NC12COC3CC(CCC31)C2. The van der Waals surface area contributed by atoms with Crippen LogP contribution in [-0.4, -0.2) is 18.2 Å². The maximum Gasteiger partial charge on any atom is 0.0653 e.